The van der Waals surface area contributed by atoms with Crippen LogP contribution in [-0.4, -0.2) is 31.7 Å². The van der Waals surface area contributed by atoms with Crippen LogP contribution in [0.15, 0.2) is 53.7 Å². The fourth-order valence-electron chi connectivity index (χ4n) is 4.26. The lowest BCUT2D eigenvalue weighted by molar-refractivity contribution is -0.139. The molecule has 0 spiro atoms. The Bertz CT molecular complexity index is 1030. The van der Waals surface area contributed by atoms with E-state index in [-0.39, 0.29) is 12.6 Å². The van der Waals surface area contributed by atoms with Crippen LogP contribution >= 0.6 is 0 Å². The summed E-state index contributed by atoms with van der Waals surface area (Å²) in [5, 5.41) is 5.82. The average Bonchev–Trinajstić information content (AvgIpc) is 3.12. The van der Waals surface area contributed by atoms with Crippen molar-refractivity contribution in [3.63, 3.8) is 0 Å². The molecular formula is C24H27N3O3. The third kappa shape index (κ3) is 3.77. The van der Waals surface area contributed by atoms with Crippen LogP contribution in [0.5, 0.6) is 0 Å². The highest BCUT2D eigenvalue weighted by molar-refractivity contribution is 5.95. The van der Waals surface area contributed by atoms with Gasteiger partial charge in [0.1, 0.15) is 0 Å². The van der Waals surface area contributed by atoms with Crippen LogP contribution in [0.4, 0.5) is 10.5 Å². The van der Waals surface area contributed by atoms with Gasteiger partial charge in [0.05, 0.1) is 30.5 Å². The minimum atomic E-state index is -0.550. The van der Waals surface area contributed by atoms with Crippen molar-refractivity contribution in [2.24, 2.45) is 0 Å². The number of amides is 2. The molecule has 6 heteroatoms. The molecule has 6 nitrogen and oxygen atoms in total. The number of nitrogens with zero attached hydrogens (tertiary/aromatic N) is 1. The summed E-state index contributed by atoms with van der Waals surface area (Å²) in [5.74, 6) is -0.404. The Morgan fingerprint density at radius 2 is 2.00 bits per heavy atom. The summed E-state index contributed by atoms with van der Waals surface area (Å²) in [7, 11) is 0. The van der Waals surface area contributed by atoms with E-state index in [9.17, 15) is 9.59 Å². The Morgan fingerprint density at radius 3 is 2.80 bits per heavy atom. The number of carbonyl (C=O) groups excluding carboxylic acids is 2. The zero-order valence-electron chi connectivity index (χ0n) is 17.6. The molecular weight excluding hydrogens is 378 g/mol. The number of anilines is 1. The van der Waals surface area contributed by atoms with Crippen LogP contribution in [0.1, 0.15) is 35.2 Å². The number of rotatable bonds is 5. The average molecular weight is 405 g/mol. The van der Waals surface area contributed by atoms with Crippen LogP contribution in [0.25, 0.3) is 0 Å². The van der Waals surface area contributed by atoms with E-state index in [1.54, 1.807) is 6.92 Å². The molecule has 2 aliphatic rings. The van der Waals surface area contributed by atoms with Gasteiger partial charge in [-0.25, -0.2) is 9.59 Å². The quantitative estimate of drug-likeness (QED) is 0.747. The summed E-state index contributed by atoms with van der Waals surface area (Å²) in [6, 6.07) is 13.4. The van der Waals surface area contributed by atoms with Gasteiger partial charge >= 0.3 is 12.0 Å². The molecule has 1 atom stereocenters. The minimum absolute atomic E-state index is 0.273. The van der Waals surface area contributed by atoms with Crippen LogP contribution < -0.4 is 15.5 Å². The summed E-state index contributed by atoms with van der Waals surface area (Å²) >= 11 is 0. The highest BCUT2D eigenvalue weighted by Crippen LogP contribution is 2.33. The van der Waals surface area contributed by atoms with Crippen molar-refractivity contribution in [1.82, 2.24) is 10.6 Å². The van der Waals surface area contributed by atoms with Crippen molar-refractivity contribution in [2.45, 2.75) is 33.2 Å². The fourth-order valence-corrected chi connectivity index (χ4v) is 4.26. The zero-order valence-corrected chi connectivity index (χ0v) is 17.6. The van der Waals surface area contributed by atoms with Crippen molar-refractivity contribution >= 4 is 17.7 Å². The number of aryl methyl sites for hydroxylation is 2. The van der Waals surface area contributed by atoms with Crippen molar-refractivity contribution in [1.29, 1.82) is 0 Å². The fraction of sp³-hybridized carbons (Fsp3) is 0.333. The topological polar surface area (TPSA) is 70.7 Å². The second-order valence-electron chi connectivity index (χ2n) is 7.80. The molecule has 2 amide bonds. The van der Waals surface area contributed by atoms with Crippen molar-refractivity contribution in [2.75, 3.05) is 24.6 Å². The summed E-state index contributed by atoms with van der Waals surface area (Å²) in [4.78, 5) is 27.8. The molecule has 0 fully saturated rings. The number of fused-ring (bicyclic) bond motifs is 1. The molecule has 0 radical (unpaired) electrons. The first-order valence-electron chi connectivity index (χ1n) is 10.4. The van der Waals surface area contributed by atoms with Gasteiger partial charge in [-0.3, -0.25) is 0 Å². The molecule has 156 valence electrons. The highest BCUT2D eigenvalue weighted by Gasteiger charge is 2.35. The number of urea groups is 1. The maximum Gasteiger partial charge on any atom is 0.338 e. The van der Waals surface area contributed by atoms with Gasteiger partial charge in [0, 0.05) is 12.2 Å². The number of benzene rings is 2. The Labute approximate surface area is 176 Å². The molecule has 2 aliphatic heterocycles. The lowest BCUT2D eigenvalue weighted by Gasteiger charge is -2.32. The second kappa shape index (κ2) is 8.22. The third-order valence-corrected chi connectivity index (χ3v) is 5.73. The van der Waals surface area contributed by atoms with Gasteiger partial charge in [-0.15, -0.1) is 0 Å². The molecule has 0 aliphatic carbocycles. The van der Waals surface area contributed by atoms with Crippen LogP contribution in [0.3, 0.4) is 0 Å². The number of esters is 1. The standard InChI is InChI=1S/C24H27N3O3/c1-4-30-23(28)21-19(14-27-12-11-17-7-5-6-8-20(17)27)25-24(29)26-22(21)18-13-15(2)9-10-16(18)3/h5-10,13,22H,4,11-12,14H2,1-3H3,(H2,25,26,29)/t22-/m1/s1. The summed E-state index contributed by atoms with van der Waals surface area (Å²) in [6.45, 7) is 7.34. The van der Waals surface area contributed by atoms with Gasteiger partial charge in [0.2, 0.25) is 0 Å². The Hall–Kier alpha value is -3.28. The van der Waals surface area contributed by atoms with Crippen LogP contribution in [-0.2, 0) is 16.0 Å². The minimum Gasteiger partial charge on any atom is -0.463 e. The summed E-state index contributed by atoms with van der Waals surface area (Å²) in [5.41, 5.74) is 6.48. The van der Waals surface area contributed by atoms with E-state index in [2.05, 4.69) is 27.7 Å². The predicted molar refractivity (Wildman–Crippen MR) is 116 cm³/mol. The van der Waals surface area contributed by atoms with E-state index in [0.717, 1.165) is 35.3 Å². The SMILES string of the molecule is CCOC(=O)C1=C(CN2CCc3ccccc32)NC(=O)N[C@@H]1c1cc(C)ccc1C. The third-order valence-electron chi connectivity index (χ3n) is 5.73. The highest BCUT2D eigenvalue weighted by atomic mass is 16.5. The number of nitrogens with one attached hydrogen (secondary N) is 2. The van der Waals surface area contributed by atoms with E-state index in [0.29, 0.717) is 17.8 Å². The Balaban J connectivity index is 1.78. The van der Waals surface area contributed by atoms with Crippen molar-refractivity contribution in [3.05, 3.63) is 76.0 Å². The molecule has 0 saturated heterocycles. The largest absolute Gasteiger partial charge is 0.463 e. The maximum absolute atomic E-state index is 13.0. The van der Waals surface area contributed by atoms with Crippen LogP contribution in [0, 0.1) is 13.8 Å². The van der Waals surface area contributed by atoms with Gasteiger partial charge in [0.15, 0.2) is 0 Å². The molecule has 0 unspecified atom stereocenters. The van der Waals surface area contributed by atoms with Gasteiger partial charge in [0.25, 0.3) is 0 Å². The van der Waals surface area contributed by atoms with Gasteiger partial charge in [-0.1, -0.05) is 42.0 Å². The normalized spacial score (nSPS) is 18.0. The van der Waals surface area contributed by atoms with Gasteiger partial charge in [-0.05, 0) is 49.9 Å². The first-order chi connectivity index (χ1) is 14.5. The van der Waals surface area contributed by atoms with Crippen molar-refractivity contribution in [3.8, 4) is 0 Å². The summed E-state index contributed by atoms with van der Waals surface area (Å²) in [6.07, 6.45) is 0.949. The smallest absolute Gasteiger partial charge is 0.338 e. The van der Waals surface area contributed by atoms with Crippen molar-refractivity contribution < 1.29 is 14.3 Å². The van der Waals surface area contributed by atoms with E-state index < -0.39 is 12.0 Å². The first-order valence-corrected chi connectivity index (χ1v) is 10.4. The number of para-hydroxylation sites is 1. The maximum atomic E-state index is 13.0. The molecule has 4 rings (SSSR count). The monoisotopic (exact) mass is 405 g/mol. The Kier molecular flexibility index (Phi) is 5.48. The second-order valence-corrected chi connectivity index (χ2v) is 7.80. The van der Waals surface area contributed by atoms with E-state index in [1.807, 2.05) is 44.2 Å². The lowest BCUT2D eigenvalue weighted by atomic mass is 9.91. The van der Waals surface area contributed by atoms with Crippen LogP contribution in [0.2, 0.25) is 0 Å². The molecule has 0 saturated carbocycles. The molecule has 2 aromatic rings. The number of ether oxygens (including phenoxy) is 1. The number of carbonyl (C=O) groups is 2. The molecule has 2 heterocycles. The van der Waals surface area contributed by atoms with Gasteiger partial charge in [-0.2, -0.15) is 0 Å². The van der Waals surface area contributed by atoms with E-state index >= 15 is 0 Å². The van der Waals surface area contributed by atoms with E-state index in [4.69, 9.17) is 4.74 Å². The number of hydrogen-bond acceptors (Lipinski definition) is 4. The summed E-state index contributed by atoms with van der Waals surface area (Å²) < 4.78 is 5.40. The predicted octanol–water partition coefficient (Wildman–Crippen LogP) is 3.54. The molecule has 2 aromatic carbocycles. The molecule has 0 bridgehead atoms. The molecule has 30 heavy (non-hydrogen) atoms. The van der Waals surface area contributed by atoms with Gasteiger partial charge < -0.3 is 20.3 Å². The Morgan fingerprint density at radius 1 is 1.20 bits per heavy atom. The molecule has 2 N–H and O–H groups in total. The number of hydrogen-bond donors (Lipinski definition) is 2. The molecule has 0 aromatic heterocycles. The lowest BCUT2D eigenvalue weighted by Crippen LogP contribution is -2.48. The zero-order chi connectivity index (χ0) is 21.3. The van der Waals surface area contributed by atoms with E-state index in [1.165, 1.54) is 5.56 Å². The first kappa shape index (κ1) is 20.0.